The Balaban J connectivity index is 2.90. The van der Waals surface area contributed by atoms with Crippen molar-refractivity contribution in [2.75, 3.05) is 6.61 Å². The van der Waals surface area contributed by atoms with Crippen LogP contribution < -0.4 is 4.74 Å². The zero-order valence-corrected chi connectivity index (χ0v) is 20.3. The van der Waals surface area contributed by atoms with E-state index in [1.807, 2.05) is 20.8 Å². The third kappa shape index (κ3) is 4.77. The van der Waals surface area contributed by atoms with Crippen LogP contribution in [0, 0.1) is 24.0 Å². The molecule has 32 heavy (non-hydrogen) atoms. The largest absolute Gasteiger partial charge is 0.482 e. The first-order valence-electron chi connectivity index (χ1n) is 9.88. The lowest BCUT2D eigenvalue weighted by molar-refractivity contribution is -0.392. The Morgan fingerprint density at radius 1 is 1.16 bits per heavy atom. The number of aryl methyl sites for hydroxylation is 2. The Bertz CT molecular complexity index is 1160. The van der Waals surface area contributed by atoms with Crippen LogP contribution in [0.5, 0.6) is 5.75 Å². The van der Waals surface area contributed by atoms with Gasteiger partial charge in [0.25, 0.3) is 0 Å². The molecule has 0 radical (unpaired) electrons. The summed E-state index contributed by atoms with van der Waals surface area (Å²) in [6, 6.07) is 2.80. The third-order valence-electron chi connectivity index (χ3n) is 4.65. The summed E-state index contributed by atoms with van der Waals surface area (Å²) in [5, 5.41) is 20.2. The molecule has 1 N–H and O–H groups in total. The summed E-state index contributed by atoms with van der Waals surface area (Å²) in [7, 11) is -4.39. The second-order valence-electron chi connectivity index (χ2n) is 9.65. The third-order valence-corrected chi connectivity index (χ3v) is 6.71. The molecular weight excluding hydrogens is 438 g/mol. The smallest absolute Gasteiger partial charge is 0.401 e. The molecule has 11 heteroatoms. The van der Waals surface area contributed by atoms with Crippen LogP contribution in [0.3, 0.4) is 0 Å². The highest BCUT2D eigenvalue weighted by molar-refractivity contribution is 7.91. The van der Waals surface area contributed by atoms with Gasteiger partial charge >= 0.3 is 11.8 Å². The van der Waals surface area contributed by atoms with Gasteiger partial charge in [0.15, 0.2) is 6.61 Å². The summed E-state index contributed by atoms with van der Waals surface area (Å²) in [6.45, 7) is 13.2. The summed E-state index contributed by atoms with van der Waals surface area (Å²) in [4.78, 5) is 25.9. The first-order chi connectivity index (χ1) is 14.4. The van der Waals surface area contributed by atoms with Crippen LogP contribution in [0.1, 0.15) is 58.5 Å². The van der Waals surface area contributed by atoms with Crippen LogP contribution in [0.4, 0.5) is 5.82 Å². The zero-order valence-electron chi connectivity index (χ0n) is 19.5. The van der Waals surface area contributed by atoms with Gasteiger partial charge in [0.1, 0.15) is 5.75 Å². The molecule has 1 aromatic heterocycles. The average molecular weight is 468 g/mol. The van der Waals surface area contributed by atoms with Crippen molar-refractivity contribution in [3.05, 3.63) is 39.2 Å². The van der Waals surface area contributed by atoms with Gasteiger partial charge in [-0.2, -0.15) is 0 Å². The number of nitrogens with zero attached hydrogens (tertiary/aromatic N) is 3. The SMILES string of the molecule is Cc1cc(OCC(=O)O)cc(C)c1S(=O)(=O)c1c([N+](=O)[O-])nc(C(C)(C)C)n1C(C)(C)C. The Hall–Kier alpha value is -2.95. The number of carboxylic acid groups (broad SMARTS) is 1. The highest BCUT2D eigenvalue weighted by Gasteiger charge is 2.45. The Kier molecular flexibility index (Phi) is 6.48. The molecule has 0 spiro atoms. The quantitative estimate of drug-likeness (QED) is 0.500. The number of hydrogen-bond acceptors (Lipinski definition) is 7. The number of carboxylic acids is 1. The van der Waals surface area contributed by atoms with Crippen LogP contribution in [0.15, 0.2) is 22.1 Å². The van der Waals surface area contributed by atoms with Crippen molar-refractivity contribution >= 4 is 21.6 Å². The van der Waals surface area contributed by atoms with Crippen molar-refractivity contribution in [1.29, 1.82) is 0 Å². The molecular formula is C21H29N3O7S. The maximum Gasteiger partial charge on any atom is 0.401 e. The summed E-state index contributed by atoms with van der Waals surface area (Å²) in [6.07, 6.45) is 0. The van der Waals surface area contributed by atoms with Crippen molar-refractivity contribution in [2.45, 2.75) is 76.3 Å². The second-order valence-corrected chi connectivity index (χ2v) is 11.5. The minimum atomic E-state index is -4.39. The molecule has 0 saturated carbocycles. The lowest BCUT2D eigenvalue weighted by Gasteiger charge is -2.28. The maximum absolute atomic E-state index is 13.9. The predicted octanol–water partition coefficient (Wildman–Crippen LogP) is 3.76. The van der Waals surface area contributed by atoms with Gasteiger partial charge in [0.2, 0.25) is 20.7 Å². The second kappa shape index (κ2) is 8.19. The number of aliphatic carboxylic acids is 1. The number of aromatic nitrogens is 2. The van der Waals surface area contributed by atoms with Crippen LogP contribution >= 0.6 is 0 Å². The standard InChI is InChI=1S/C21H29N3O7S/c1-12-9-14(31-11-15(25)26)10-13(2)16(12)32(29,30)18-17(24(27)28)22-19(20(3,4)5)23(18)21(6,7)8/h9-10H,11H2,1-8H3,(H,25,26). The number of carbonyl (C=O) groups is 1. The zero-order chi connectivity index (χ0) is 24.8. The molecule has 10 nitrogen and oxygen atoms in total. The summed E-state index contributed by atoms with van der Waals surface area (Å²) in [5.41, 5.74) is -0.930. The van der Waals surface area contributed by atoms with E-state index in [-0.39, 0.29) is 27.6 Å². The van der Waals surface area contributed by atoms with E-state index in [1.165, 1.54) is 30.5 Å². The summed E-state index contributed by atoms with van der Waals surface area (Å²) >= 11 is 0. The van der Waals surface area contributed by atoms with Gasteiger partial charge in [-0.1, -0.05) is 20.8 Å². The number of rotatable bonds is 6. The fourth-order valence-corrected chi connectivity index (χ4v) is 5.66. The topological polar surface area (TPSA) is 142 Å². The fraction of sp³-hybridized carbons (Fsp3) is 0.524. The molecule has 0 fully saturated rings. The fourth-order valence-electron chi connectivity index (χ4n) is 3.54. The van der Waals surface area contributed by atoms with Crippen LogP contribution in [0.2, 0.25) is 0 Å². The first kappa shape index (κ1) is 25.3. The number of hydrogen-bond donors (Lipinski definition) is 1. The average Bonchev–Trinajstić information content (AvgIpc) is 3.01. The number of sulfone groups is 1. The molecule has 0 amide bonds. The number of ether oxygens (including phenoxy) is 1. The van der Waals surface area contributed by atoms with E-state index in [0.717, 1.165) is 0 Å². The van der Waals surface area contributed by atoms with Crippen LogP contribution in [-0.4, -0.2) is 40.6 Å². The van der Waals surface area contributed by atoms with E-state index >= 15 is 0 Å². The molecule has 0 aliphatic carbocycles. The normalized spacial score (nSPS) is 12.6. The van der Waals surface area contributed by atoms with E-state index < -0.39 is 49.1 Å². The van der Waals surface area contributed by atoms with E-state index in [9.17, 15) is 23.3 Å². The van der Waals surface area contributed by atoms with E-state index in [4.69, 9.17) is 9.84 Å². The molecule has 0 saturated heterocycles. The number of benzene rings is 1. The Morgan fingerprint density at radius 3 is 2.03 bits per heavy atom. The number of nitro groups is 1. The van der Waals surface area contributed by atoms with E-state index in [0.29, 0.717) is 0 Å². The first-order valence-corrected chi connectivity index (χ1v) is 11.4. The van der Waals surface area contributed by atoms with Gasteiger partial charge < -0.3 is 20.0 Å². The minimum Gasteiger partial charge on any atom is -0.482 e. The molecule has 2 rings (SSSR count). The van der Waals surface area contributed by atoms with Crippen molar-refractivity contribution < 1.29 is 28.0 Å². The lowest BCUT2D eigenvalue weighted by atomic mass is 9.94. The van der Waals surface area contributed by atoms with Crippen molar-refractivity contribution in [2.24, 2.45) is 0 Å². The van der Waals surface area contributed by atoms with Crippen LogP contribution in [-0.2, 0) is 25.6 Å². The van der Waals surface area contributed by atoms with Crippen molar-refractivity contribution in [3.8, 4) is 5.75 Å². The van der Waals surface area contributed by atoms with Crippen molar-refractivity contribution in [1.82, 2.24) is 9.55 Å². The lowest BCUT2D eigenvalue weighted by Crippen LogP contribution is -2.32. The van der Waals surface area contributed by atoms with Gasteiger partial charge in [-0.25, -0.2) is 13.2 Å². The van der Waals surface area contributed by atoms with Gasteiger partial charge in [-0.15, -0.1) is 0 Å². The Morgan fingerprint density at radius 2 is 1.66 bits per heavy atom. The summed E-state index contributed by atoms with van der Waals surface area (Å²) < 4.78 is 34.4. The molecule has 2 aromatic rings. The summed E-state index contributed by atoms with van der Waals surface area (Å²) in [5.74, 6) is -1.42. The number of imidazole rings is 1. The molecule has 0 aliphatic rings. The van der Waals surface area contributed by atoms with E-state index in [1.54, 1.807) is 20.8 Å². The van der Waals surface area contributed by atoms with Gasteiger partial charge in [-0.05, 0) is 67.8 Å². The highest BCUT2D eigenvalue weighted by atomic mass is 32.2. The van der Waals surface area contributed by atoms with Crippen molar-refractivity contribution in [3.63, 3.8) is 0 Å². The monoisotopic (exact) mass is 467 g/mol. The molecule has 0 bridgehead atoms. The van der Waals surface area contributed by atoms with Gasteiger partial charge in [-0.3, -0.25) is 4.57 Å². The molecule has 1 aromatic carbocycles. The molecule has 1 heterocycles. The molecule has 0 atom stereocenters. The predicted molar refractivity (Wildman–Crippen MR) is 117 cm³/mol. The molecule has 0 unspecified atom stereocenters. The minimum absolute atomic E-state index is 0.103. The molecule has 176 valence electrons. The highest BCUT2D eigenvalue weighted by Crippen LogP contribution is 2.40. The molecule has 0 aliphatic heterocycles. The van der Waals surface area contributed by atoms with Crippen LogP contribution in [0.25, 0.3) is 0 Å². The van der Waals surface area contributed by atoms with Gasteiger partial charge in [0, 0.05) is 11.0 Å². The maximum atomic E-state index is 13.9. The van der Waals surface area contributed by atoms with E-state index in [2.05, 4.69) is 4.98 Å². The van der Waals surface area contributed by atoms with Gasteiger partial charge in [0.05, 0.1) is 4.90 Å². The Labute approximate surface area is 187 Å².